The molecule has 2 aliphatic rings. The Kier molecular flexibility index (Phi) is 2.73. The molecule has 1 aromatic carbocycles. The van der Waals surface area contributed by atoms with E-state index >= 15 is 0 Å². The second-order valence-electron chi connectivity index (χ2n) is 5.18. The number of carbonyl (C=O) groups is 1. The van der Waals surface area contributed by atoms with Gasteiger partial charge < -0.3 is 15.7 Å². The first-order valence-corrected chi connectivity index (χ1v) is 6.94. The molecule has 2 bridgehead atoms. The highest BCUT2D eigenvalue weighted by atomic mass is 79.9. The molecule has 1 aliphatic heterocycles. The number of piperidine rings is 1. The minimum Gasteiger partial charge on any atom is -0.478 e. The monoisotopic (exact) mass is 310 g/mol. The summed E-state index contributed by atoms with van der Waals surface area (Å²) in [6, 6.07) is 3.96. The van der Waals surface area contributed by atoms with Crippen molar-refractivity contribution in [2.75, 3.05) is 17.2 Å². The minimum atomic E-state index is -0.967. The third kappa shape index (κ3) is 1.77. The lowest BCUT2D eigenvalue weighted by Gasteiger charge is -2.30. The van der Waals surface area contributed by atoms with Crippen molar-refractivity contribution in [2.24, 2.45) is 5.92 Å². The molecular weight excluding hydrogens is 296 g/mol. The summed E-state index contributed by atoms with van der Waals surface area (Å²) in [5, 5.41) is 9.14. The predicted molar refractivity (Wildman–Crippen MR) is 74.0 cm³/mol. The fraction of sp³-hybridized carbons (Fsp3) is 0.462. The Morgan fingerprint density at radius 3 is 2.78 bits per heavy atom. The van der Waals surface area contributed by atoms with Crippen LogP contribution in [0.15, 0.2) is 16.6 Å². The van der Waals surface area contributed by atoms with Crippen LogP contribution in [0.5, 0.6) is 0 Å². The van der Waals surface area contributed by atoms with Gasteiger partial charge in [-0.15, -0.1) is 0 Å². The number of hydrogen-bond acceptors (Lipinski definition) is 3. The van der Waals surface area contributed by atoms with Gasteiger partial charge in [0.2, 0.25) is 0 Å². The zero-order valence-electron chi connectivity index (χ0n) is 9.90. The normalized spacial score (nSPS) is 25.7. The van der Waals surface area contributed by atoms with Crippen molar-refractivity contribution in [2.45, 2.75) is 25.3 Å². The maximum Gasteiger partial charge on any atom is 0.337 e. The molecule has 96 valence electrons. The van der Waals surface area contributed by atoms with Gasteiger partial charge in [0.05, 0.1) is 11.3 Å². The van der Waals surface area contributed by atoms with Crippen molar-refractivity contribution >= 4 is 33.3 Å². The molecule has 1 aliphatic carbocycles. The van der Waals surface area contributed by atoms with Gasteiger partial charge in [0.15, 0.2) is 0 Å². The van der Waals surface area contributed by atoms with Crippen LogP contribution in [-0.2, 0) is 0 Å². The van der Waals surface area contributed by atoms with Gasteiger partial charge in [0.25, 0.3) is 0 Å². The van der Waals surface area contributed by atoms with E-state index in [1.165, 1.54) is 19.3 Å². The maximum absolute atomic E-state index is 11.1. The number of nitrogen functional groups attached to an aromatic ring is 1. The Morgan fingerprint density at radius 2 is 2.22 bits per heavy atom. The molecule has 1 heterocycles. The average molecular weight is 311 g/mol. The summed E-state index contributed by atoms with van der Waals surface area (Å²) in [7, 11) is 0. The molecule has 0 radical (unpaired) electrons. The van der Waals surface area contributed by atoms with Gasteiger partial charge in [-0.25, -0.2) is 4.79 Å². The first kappa shape index (κ1) is 11.8. The number of benzene rings is 1. The number of nitrogens with zero attached hydrogens (tertiary/aromatic N) is 1. The molecule has 2 atom stereocenters. The molecule has 2 fully saturated rings. The highest BCUT2D eigenvalue weighted by Crippen LogP contribution is 2.43. The lowest BCUT2D eigenvalue weighted by atomic mass is 10.1. The van der Waals surface area contributed by atoms with Gasteiger partial charge in [-0.2, -0.15) is 0 Å². The number of halogens is 1. The maximum atomic E-state index is 11.1. The number of nitrogens with two attached hydrogens (primary N) is 1. The molecule has 1 saturated carbocycles. The molecule has 4 nitrogen and oxygen atoms in total. The quantitative estimate of drug-likeness (QED) is 0.824. The molecule has 3 rings (SSSR count). The number of hydrogen-bond donors (Lipinski definition) is 2. The second-order valence-corrected chi connectivity index (χ2v) is 6.04. The van der Waals surface area contributed by atoms with E-state index < -0.39 is 5.97 Å². The van der Waals surface area contributed by atoms with E-state index in [1.807, 2.05) is 0 Å². The summed E-state index contributed by atoms with van der Waals surface area (Å²) in [6.07, 6.45) is 3.75. The molecule has 2 unspecified atom stereocenters. The molecule has 1 aromatic rings. The van der Waals surface area contributed by atoms with Gasteiger partial charge in [0.1, 0.15) is 0 Å². The SMILES string of the molecule is Nc1cc(Br)c(N2CC3CCC2C3)cc1C(=O)O. The summed E-state index contributed by atoms with van der Waals surface area (Å²) in [5.74, 6) is -0.196. The number of rotatable bonds is 2. The standard InChI is InChI=1S/C13H15BrN2O2/c14-10-5-11(15)9(13(17)18)4-12(10)16-6-7-1-2-8(16)3-7/h4-5,7-8H,1-3,6,15H2,(H,17,18). The summed E-state index contributed by atoms with van der Waals surface area (Å²) in [4.78, 5) is 13.5. The summed E-state index contributed by atoms with van der Waals surface area (Å²) < 4.78 is 0.887. The zero-order chi connectivity index (χ0) is 12.9. The molecule has 18 heavy (non-hydrogen) atoms. The largest absolute Gasteiger partial charge is 0.478 e. The number of fused-ring (bicyclic) bond motifs is 2. The summed E-state index contributed by atoms with van der Waals surface area (Å²) in [6.45, 7) is 1.03. The fourth-order valence-electron chi connectivity index (χ4n) is 3.20. The van der Waals surface area contributed by atoms with E-state index in [0.717, 1.165) is 22.6 Å². The van der Waals surface area contributed by atoms with E-state index in [4.69, 9.17) is 10.8 Å². The minimum absolute atomic E-state index is 0.191. The Bertz CT molecular complexity index is 518. The third-order valence-corrected chi connectivity index (χ3v) is 4.70. The van der Waals surface area contributed by atoms with Crippen molar-refractivity contribution in [3.05, 3.63) is 22.2 Å². The highest BCUT2D eigenvalue weighted by Gasteiger charge is 2.38. The third-order valence-electron chi connectivity index (χ3n) is 4.07. The highest BCUT2D eigenvalue weighted by molar-refractivity contribution is 9.10. The lowest BCUT2D eigenvalue weighted by molar-refractivity contribution is 0.0698. The van der Waals surface area contributed by atoms with Gasteiger partial charge in [-0.3, -0.25) is 0 Å². The average Bonchev–Trinajstić information content (AvgIpc) is 2.90. The Labute approximate surface area is 114 Å². The number of carboxylic acid groups (broad SMARTS) is 1. The molecule has 5 heteroatoms. The molecule has 0 amide bonds. The van der Waals surface area contributed by atoms with E-state index in [9.17, 15) is 4.79 Å². The van der Waals surface area contributed by atoms with Crippen molar-refractivity contribution in [1.29, 1.82) is 0 Å². The number of anilines is 2. The first-order valence-electron chi connectivity index (χ1n) is 6.15. The Balaban J connectivity index is 2.01. The van der Waals surface area contributed by atoms with E-state index in [-0.39, 0.29) is 5.56 Å². The Morgan fingerprint density at radius 1 is 1.44 bits per heavy atom. The van der Waals surface area contributed by atoms with Crippen LogP contribution in [0.3, 0.4) is 0 Å². The van der Waals surface area contributed by atoms with Gasteiger partial charge in [-0.1, -0.05) is 0 Å². The van der Waals surface area contributed by atoms with E-state index in [0.29, 0.717) is 11.7 Å². The molecular formula is C13H15BrN2O2. The van der Waals surface area contributed by atoms with Crippen LogP contribution in [0, 0.1) is 5.92 Å². The van der Waals surface area contributed by atoms with E-state index in [1.54, 1.807) is 12.1 Å². The van der Waals surface area contributed by atoms with Crippen molar-refractivity contribution in [3.8, 4) is 0 Å². The predicted octanol–water partition coefficient (Wildman–Crippen LogP) is 2.72. The van der Waals surface area contributed by atoms with Crippen molar-refractivity contribution in [1.82, 2.24) is 0 Å². The lowest BCUT2D eigenvalue weighted by Crippen LogP contribution is -2.32. The summed E-state index contributed by atoms with van der Waals surface area (Å²) >= 11 is 3.50. The Hall–Kier alpha value is -1.23. The molecule has 3 N–H and O–H groups in total. The van der Waals surface area contributed by atoms with Crippen LogP contribution in [0.25, 0.3) is 0 Å². The number of carboxylic acids is 1. The topological polar surface area (TPSA) is 66.6 Å². The summed E-state index contributed by atoms with van der Waals surface area (Å²) in [5.41, 5.74) is 7.20. The van der Waals surface area contributed by atoms with Gasteiger partial charge >= 0.3 is 5.97 Å². The second kappa shape index (κ2) is 4.16. The van der Waals surface area contributed by atoms with Crippen LogP contribution >= 0.6 is 15.9 Å². The number of aromatic carboxylic acids is 1. The smallest absolute Gasteiger partial charge is 0.337 e. The fourth-order valence-corrected chi connectivity index (χ4v) is 3.79. The first-order chi connectivity index (χ1) is 8.56. The van der Waals surface area contributed by atoms with Crippen molar-refractivity contribution < 1.29 is 9.90 Å². The van der Waals surface area contributed by atoms with Crippen LogP contribution in [0.2, 0.25) is 0 Å². The van der Waals surface area contributed by atoms with E-state index in [2.05, 4.69) is 20.8 Å². The van der Waals surface area contributed by atoms with Crippen LogP contribution in [0.1, 0.15) is 29.6 Å². The van der Waals surface area contributed by atoms with Gasteiger partial charge in [0, 0.05) is 22.7 Å². The molecule has 1 saturated heterocycles. The van der Waals surface area contributed by atoms with Crippen molar-refractivity contribution in [3.63, 3.8) is 0 Å². The molecule has 0 aromatic heterocycles. The van der Waals surface area contributed by atoms with Gasteiger partial charge in [-0.05, 0) is 53.2 Å². The zero-order valence-corrected chi connectivity index (χ0v) is 11.5. The van der Waals surface area contributed by atoms with Crippen LogP contribution in [-0.4, -0.2) is 23.7 Å². The molecule has 0 spiro atoms. The van der Waals surface area contributed by atoms with Crippen LogP contribution < -0.4 is 10.6 Å². The van der Waals surface area contributed by atoms with Crippen LogP contribution in [0.4, 0.5) is 11.4 Å².